The first-order chi connectivity index (χ1) is 10.6. The summed E-state index contributed by atoms with van der Waals surface area (Å²) < 4.78 is 5.34. The highest BCUT2D eigenvalue weighted by Gasteiger charge is 2.07. The molecule has 1 aromatic heterocycles. The number of rotatable bonds is 6. The average Bonchev–Trinajstić information content (AvgIpc) is 2.82. The molecule has 0 atom stereocenters. The Kier molecular flexibility index (Phi) is 5.91. The molecule has 22 heavy (non-hydrogen) atoms. The molecule has 0 unspecified atom stereocenters. The van der Waals surface area contributed by atoms with Crippen molar-refractivity contribution in [3.63, 3.8) is 0 Å². The summed E-state index contributed by atoms with van der Waals surface area (Å²) in [7, 11) is 0. The maximum absolute atomic E-state index is 11.9. The summed E-state index contributed by atoms with van der Waals surface area (Å²) in [5.41, 5.74) is 2.76. The summed E-state index contributed by atoms with van der Waals surface area (Å²) in [4.78, 5) is 17.4. The molecule has 0 saturated carbocycles. The van der Waals surface area contributed by atoms with Crippen LogP contribution >= 0.6 is 11.3 Å². The van der Waals surface area contributed by atoms with Gasteiger partial charge in [-0.2, -0.15) is 0 Å². The molecule has 118 valence electrons. The monoisotopic (exact) mass is 319 g/mol. The summed E-state index contributed by atoms with van der Waals surface area (Å²) in [6, 6.07) is 7.39. The first-order valence-corrected chi connectivity index (χ1v) is 8.04. The van der Waals surface area contributed by atoms with E-state index in [4.69, 9.17) is 4.74 Å². The maximum atomic E-state index is 11.9. The van der Waals surface area contributed by atoms with E-state index in [0.717, 1.165) is 26.8 Å². The predicted octanol–water partition coefficient (Wildman–Crippen LogP) is 3.62. The van der Waals surface area contributed by atoms with Crippen molar-refractivity contribution in [2.24, 2.45) is 0 Å². The van der Waals surface area contributed by atoms with Crippen molar-refractivity contribution in [3.05, 3.63) is 45.4 Å². The third-order valence-corrected chi connectivity index (χ3v) is 4.03. The minimum absolute atomic E-state index is 0.234. The van der Waals surface area contributed by atoms with Crippen molar-refractivity contribution >= 4 is 23.1 Å². The second kappa shape index (κ2) is 7.91. The Balaban J connectivity index is 1.82. The number of carbonyl (C=O) groups is 1. The number of carbonyl (C=O) groups excluding carboxylic acids is 1. The lowest BCUT2D eigenvalue weighted by Gasteiger charge is -2.08. The van der Waals surface area contributed by atoms with E-state index in [1.54, 1.807) is 11.3 Å². The molecule has 6 heteroatoms. The van der Waals surface area contributed by atoms with Crippen LogP contribution in [0, 0.1) is 13.8 Å². The molecule has 0 aliphatic rings. The van der Waals surface area contributed by atoms with E-state index < -0.39 is 0 Å². The summed E-state index contributed by atoms with van der Waals surface area (Å²) in [5, 5.41) is 6.64. The minimum atomic E-state index is -0.234. The molecule has 1 aromatic carbocycles. The molecule has 2 N–H and O–H groups in total. The van der Waals surface area contributed by atoms with Crippen molar-refractivity contribution < 1.29 is 9.53 Å². The zero-order valence-corrected chi connectivity index (χ0v) is 13.9. The second-order valence-electron chi connectivity index (χ2n) is 4.88. The van der Waals surface area contributed by atoms with Crippen LogP contribution in [0.25, 0.3) is 0 Å². The SMILES string of the molecule is CCOCc1ccc(NC(=O)NCc2nc(C)sc2C)cc1. The van der Waals surface area contributed by atoms with Gasteiger partial charge in [0.15, 0.2) is 0 Å². The zero-order valence-electron chi connectivity index (χ0n) is 13.1. The number of nitrogens with one attached hydrogen (secondary N) is 2. The number of ether oxygens (including phenoxy) is 1. The van der Waals surface area contributed by atoms with Crippen LogP contribution in [0.5, 0.6) is 0 Å². The summed E-state index contributed by atoms with van der Waals surface area (Å²) in [6.07, 6.45) is 0. The molecule has 0 aliphatic heterocycles. The van der Waals surface area contributed by atoms with Crippen LogP contribution < -0.4 is 10.6 Å². The third-order valence-electron chi connectivity index (χ3n) is 3.10. The highest BCUT2D eigenvalue weighted by Crippen LogP contribution is 2.16. The lowest BCUT2D eigenvalue weighted by Crippen LogP contribution is -2.28. The van der Waals surface area contributed by atoms with Crippen molar-refractivity contribution in [2.75, 3.05) is 11.9 Å². The Morgan fingerprint density at radius 1 is 1.27 bits per heavy atom. The van der Waals surface area contributed by atoms with Gasteiger partial charge in [-0.25, -0.2) is 9.78 Å². The number of hydrogen-bond donors (Lipinski definition) is 2. The van der Waals surface area contributed by atoms with Crippen LogP contribution in [0.4, 0.5) is 10.5 Å². The summed E-state index contributed by atoms with van der Waals surface area (Å²) in [6.45, 7) is 7.65. The highest BCUT2D eigenvalue weighted by molar-refractivity contribution is 7.11. The quantitative estimate of drug-likeness (QED) is 0.855. The van der Waals surface area contributed by atoms with Gasteiger partial charge in [-0.15, -0.1) is 11.3 Å². The van der Waals surface area contributed by atoms with Gasteiger partial charge < -0.3 is 15.4 Å². The third kappa shape index (κ3) is 4.82. The van der Waals surface area contributed by atoms with E-state index in [9.17, 15) is 4.79 Å². The van der Waals surface area contributed by atoms with Gasteiger partial charge in [-0.05, 0) is 38.5 Å². The fraction of sp³-hybridized carbons (Fsp3) is 0.375. The molecule has 0 fully saturated rings. The largest absolute Gasteiger partial charge is 0.377 e. The molecule has 5 nitrogen and oxygen atoms in total. The van der Waals surface area contributed by atoms with E-state index in [1.165, 1.54) is 0 Å². The van der Waals surface area contributed by atoms with Gasteiger partial charge >= 0.3 is 6.03 Å². The molecule has 1 heterocycles. The van der Waals surface area contributed by atoms with Crippen LogP contribution in [0.2, 0.25) is 0 Å². The number of urea groups is 1. The number of hydrogen-bond acceptors (Lipinski definition) is 4. The Morgan fingerprint density at radius 3 is 2.59 bits per heavy atom. The van der Waals surface area contributed by atoms with Crippen molar-refractivity contribution in [3.8, 4) is 0 Å². The second-order valence-corrected chi connectivity index (χ2v) is 6.28. The van der Waals surface area contributed by atoms with Gasteiger partial charge in [0.1, 0.15) is 0 Å². The minimum Gasteiger partial charge on any atom is -0.377 e. The zero-order chi connectivity index (χ0) is 15.9. The van der Waals surface area contributed by atoms with Crippen LogP contribution in [-0.2, 0) is 17.9 Å². The smallest absolute Gasteiger partial charge is 0.319 e. The van der Waals surface area contributed by atoms with Gasteiger partial charge in [0.05, 0.1) is 23.9 Å². The number of aryl methyl sites for hydroxylation is 2. The number of amides is 2. The molecule has 0 spiro atoms. The molecule has 0 radical (unpaired) electrons. The van der Waals surface area contributed by atoms with Gasteiger partial charge in [-0.1, -0.05) is 12.1 Å². The van der Waals surface area contributed by atoms with Crippen LogP contribution in [0.3, 0.4) is 0 Å². The van der Waals surface area contributed by atoms with E-state index in [2.05, 4.69) is 15.6 Å². The van der Waals surface area contributed by atoms with E-state index in [0.29, 0.717) is 19.8 Å². The number of anilines is 1. The average molecular weight is 319 g/mol. The number of nitrogens with zero attached hydrogens (tertiary/aromatic N) is 1. The molecular weight excluding hydrogens is 298 g/mol. The number of aromatic nitrogens is 1. The van der Waals surface area contributed by atoms with Gasteiger partial charge in [0.2, 0.25) is 0 Å². The number of thiazole rings is 1. The predicted molar refractivity (Wildman–Crippen MR) is 89.2 cm³/mol. The Labute approximate surface area is 134 Å². The lowest BCUT2D eigenvalue weighted by atomic mass is 10.2. The Hall–Kier alpha value is -1.92. The fourth-order valence-corrected chi connectivity index (χ4v) is 2.81. The van der Waals surface area contributed by atoms with Gasteiger partial charge in [-0.3, -0.25) is 0 Å². The topological polar surface area (TPSA) is 63.2 Å². The highest BCUT2D eigenvalue weighted by atomic mass is 32.1. The van der Waals surface area contributed by atoms with Crippen LogP contribution in [0.1, 0.15) is 28.1 Å². The van der Waals surface area contributed by atoms with E-state index >= 15 is 0 Å². The normalized spacial score (nSPS) is 10.5. The van der Waals surface area contributed by atoms with E-state index in [1.807, 2.05) is 45.0 Å². The van der Waals surface area contributed by atoms with Crippen molar-refractivity contribution in [2.45, 2.75) is 33.9 Å². The van der Waals surface area contributed by atoms with Gasteiger partial charge in [0, 0.05) is 17.2 Å². The lowest BCUT2D eigenvalue weighted by molar-refractivity contribution is 0.134. The first kappa shape index (κ1) is 16.5. The standard InChI is InChI=1S/C16H21N3O2S/c1-4-21-10-13-5-7-14(8-6-13)19-16(20)17-9-15-11(2)22-12(3)18-15/h5-8H,4,9-10H2,1-3H3,(H2,17,19,20). The molecule has 2 rings (SSSR count). The Morgan fingerprint density at radius 2 is 2.00 bits per heavy atom. The van der Waals surface area contributed by atoms with Crippen molar-refractivity contribution in [1.29, 1.82) is 0 Å². The molecular formula is C16H21N3O2S. The number of benzene rings is 1. The van der Waals surface area contributed by atoms with E-state index in [-0.39, 0.29) is 6.03 Å². The van der Waals surface area contributed by atoms with Gasteiger partial charge in [0.25, 0.3) is 0 Å². The van der Waals surface area contributed by atoms with Crippen LogP contribution in [-0.4, -0.2) is 17.6 Å². The molecule has 2 amide bonds. The summed E-state index contributed by atoms with van der Waals surface area (Å²) in [5.74, 6) is 0. The summed E-state index contributed by atoms with van der Waals surface area (Å²) >= 11 is 1.64. The fourth-order valence-electron chi connectivity index (χ4n) is 1.98. The molecule has 0 bridgehead atoms. The molecule has 2 aromatic rings. The van der Waals surface area contributed by atoms with Crippen molar-refractivity contribution in [1.82, 2.24) is 10.3 Å². The molecule has 0 aliphatic carbocycles. The first-order valence-electron chi connectivity index (χ1n) is 7.23. The maximum Gasteiger partial charge on any atom is 0.319 e. The molecule has 0 saturated heterocycles. The Bertz CT molecular complexity index is 623. The van der Waals surface area contributed by atoms with Crippen LogP contribution in [0.15, 0.2) is 24.3 Å².